The minimum Gasteiger partial charge on any atom is -0.493 e. The Morgan fingerprint density at radius 1 is 1.04 bits per heavy atom. The number of nitrogens with zero attached hydrogens (tertiary/aromatic N) is 2. The molecule has 0 bridgehead atoms. The summed E-state index contributed by atoms with van der Waals surface area (Å²) < 4.78 is 10.5. The van der Waals surface area contributed by atoms with E-state index in [1.165, 1.54) is 11.3 Å². The van der Waals surface area contributed by atoms with Crippen molar-refractivity contribution in [3.8, 4) is 22.8 Å². The van der Waals surface area contributed by atoms with Crippen molar-refractivity contribution in [2.75, 3.05) is 19.6 Å². The van der Waals surface area contributed by atoms with Gasteiger partial charge in [0, 0.05) is 10.9 Å². The first kappa shape index (κ1) is 18.5. The predicted octanol–water partition coefficient (Wildman–Crippen LogP) is 5.58. The number of thiazole rings is 1. The maximum Gasteiger partial charge on any atom is 0.203 e. The Morgan fingerprint density at radius 3 is 2.58 bits per heavy atom. The average molecular weight is 408 g/mol. The molecule has 5 nitrogen and oxygen atoms in total. The number of rotatable bonds is 6. The Hall–Kier alpha value is -2.28. The van der Waals surface area contributed by atoms with Crippen molar-refractivity contribution in [2.45, 2.75) is 0 Å². The Kier molecular flexibility index (Phi) is 5.98. The van der Waals surface area contributed by atoms with Crippen LogP contribution in [0.5, 0.6) is 11.5 Å². The van der Waals surface area contributed by atoms with Crippen LogP contribution in [0.15, 0.2) is 46.9 Å². The van der Waals surface area contributed by atoms with Crippen molar-refractivity contribution in [1.29, 1.82) is 0 Å². The quantitative estimate of drug-likeness (QED) is 0.427. The van der Waals surface area contributed by atoms with Gasteiger partial charge in [-0.15, -0.1) is 11.3 Å². The zero-order valence-corrected chi connectivity index (χ0v) is 16.3. The zero-order chi connectivity index (χ0) is 18.5. The molecule has 3 aromatic rings. The van der Waals surface area contributed by atoms with Crippen LogP contribution >= 0.6 is 34.5 Å². The Bertz CT molecular complexity index is 944. The molecule has 2 aromatic carbocycles. The highest BCUT2D eigenvalue weighted by atomic mass is 35.5. The third-order valence-corrected chi connectivity index (χ3v) is 4.99. The number of ether oxygens (including phenoxy) is 2. The van der Waals surface area contributed by atoms with Gasteiger partial charge in [-0.25, -0.2) is 4.98 Å². The molecule has 0 atom stereocenters. The van der Waals surface area contributed by atoms with E-state index in [9.17, 15) is 0 Å². The normalized spacial score (nSPS) is 10.9. The van der Waals surface area contributed by atoms with Crippen LogP contribution in [0, 0.1) is 0 Å². The van der Waals surface area contributed by atoms with Gasteiger partial charge >= 0.3 is 0 Å². The van der Waals surface area contributed by atoms with Gasteiger partial charge in [0.1, 0.15) is 0 Å². The fourth-order valence-electron chi connectivity index (χ4n) is 2.21. The zero-order valence-electron chi connectivity index (χ0n) is 14.0. The number of hydrogen-bond acceptors (Lipinski definition) is 6. The molecule has 0 radical (unpaired) electrons. The number of benzene rings is 2. The lowest BCUT2D eigenvalue weighted by Gasteiger charge is -2.07. The topological polar surface area (TPSA) is 55.7 Å². The summed E-state index contributed by atoms with van der Waals surface area (Å²) in [5.74, 6) is 1.32. The van der Waals surface area contributed by atoms with E-state index in [0.717, 1.165) is 16.8 Å². The van der Waals surface area contributed by atoms with Crippen LogP contribution in [0.4, 0.5) is 5.13 Å². The number of anilines is 1. The van der Waals surface area contributed by atoms with Gasteiger partial charge in [0.25, 0.3) is 0 Å². The molecular weight excluding hydrogens is 393 g/mol. The SMILES string of the molecule is COc1ccc(C=NNc2nc(-c3ccc(Cl)c(Cl)c3)cs2)cc1OC. The van der Waals surface area contributed by atoms with Crippen LogP contribution in [-0.4, -0.2) is 25.4 Å². The fourth-order valence-corrected chi connectivity index (χ4v) is 3.17. The van der Waals surface area contributed by atoms with Gasteiger partial charge in [-0.2, -0.15) is 5.10 Å². The Balaban J connectivity index is 1.70. The van der Waals surface area contributed by atoms with Crippen LogP contribution < -0.4 is 14.9 Å². The summed E-state index contributed by atoms with van der Waals surface area (Å²) in [5, 5.41) is 7.82. The van der Waals surface area contributed by atoms with Crippen molar-refractivity contribution in [1.82, 2.24) is 4.98 Å². The van der Waals surface area contributed by atoms with Gasteiger partial charge in [-0.3, -0.25) is 5.43 Å². The molecule has 1 heterocycles. The molecular formula is C18H15Cl2N3O2S. The van der Waals surface area contributed by atoms with Crippen molar-refractivity contribution in [2.24, 2.45) is 5.10 Å². The van der Waals surface area contributed by atoms with Gasteiger partial charge in [0.05, 0.1) is 36.2 Å². The van der Waals surface area contributed by atoms with E-state index in [4.69, 9.17) is 32.7 Å². The summed E-state index contributed by atoms with van der Waals surface area (Å²) in [6.07, 6.45) is 1.68. The molecule has 0 unspecified atom stereocenters. The second-order valence-corrected chi connectivity index (χ2v) is 6.82. The second kappa shape index (κ2) is 8.40. The van der Waals surface area contributed by atoms with Crippen LogP contribution in [0.25, 0.3) is 11.3 Å². The molecule has 1 aromatic heterocycles. The molecule has 8 heteroatoms. The summed E-state index contributed by atoms with van der Waals surface area (Å²) in [5.41, 5.74) is 5.49. The van der Waals surface area contributed by atoms with Crippen molar-refractivity contribution >= 4 is 45.9 Å². The maximum absolute atomic E-state index is 6.05. The van der Waals surface area contributed by atoms with E-state index in [1.54, 1.807) is 32.6 Å². The summed E-state index contributed by atoms with van der Waals surface area (Å²) in [6.45, 7) is 0. The third kappa shape index (κ3) is 4.27. The van der Waals surface area contributed by atoms with E-state index >= 15 is 0 Å². The minimum absolute atomic E-state index is 0.498. The summed E-state index contributed by atoms with van der Waals surface area (Å²) in [7, 11) is 3.19. The number of methoxy groups -OCH3 is 2. The summed E-state index contributed by atoms with van der Waals surface area (Å²) in [4.78, 5) is 4.49. The van der Waals surface area contributed by atoms with Crippen LogP contribution in [0.2, 0.25) is 10.0 Å². The number of halogens is 2. The molecule has 0 aliphatic heterocycles. The third-order valence-electron chi connectivity index (χ3n) is 3.50. The molecule has 26 heavy (non-hydrogen) atoms. The number of hydrogen-bond donors (Lipinski definition) is 1. The molecule has 1 N–H and O–H groups in total. The van der Waals surface area contributed by atoms with Gasteiger partial charge in [-0.05, 0) is 35.9 Å². The van der Waals surface area contributed by atoms with E-state index < -0.39 is 0 Å². The van der Waals surface area contributed by atoms with Crippen molar-refractivity contribution in [3.63, 3.8) is 0 Å². The minimum atomic E-state index is 0.498. The average Bonchev–Trinajstić information content (AvgIpc) is 3.12. The summed E-state index contributed by atoms with van der Waals surface area (Å²) >= 11 is 13.4. The Labute approximate surface area is 165 Å². The van der Waals surface area contributed by atoms with Crippen molar-refractivity contribution in [3.05, 3.63) is 57.4 Å². The molecule has 3 rings (SSSR count). The molecule has 0 aliphatic carbocycles. The first-order chi connectivity index (χ1) is 12.6. The number of hydrazone groups is 1. The van der Waals surface area contributed by atoms with E-state index in [2.05, 4.69) is 15.5 Å². The van der Waals surface area contributed by atoms with Gasteiger partial charge in [0.15, 0.2) is 11.5 Å². The van der Waals surface area contributed by atoms with Gasteiger partial charge in [-0.1, -0.05) is 29.3 Å². The van der Waals surface area contributed by atoms with E-state index in [1.807, 2.05) is 29.6 Å². The lowest BCUT2D eigenvalue weighted by molar-refractivity contribution is 0.355. The second-order valence-electron chi connectivity index (χ2n) is 5.15. The molecule has 134 valence electrons. The van der Waals surface area contributed by atoms with Crippen LogP contribution in [-0.2, 0) is 0 Å². The molecule has 0 spiro atoms. The van der Waals surface area contributed by atoms with Crippen LogP contribution in [0.3, 0.4) is 0 Å². The monoisotopic (exact) mass is 407 g/mol. The first-order valence-corrected chi connectivity index (χ1v) is 9.16. The highest BCUT2D eigenvalue weighted by Crippen LogP contribution is 2.30. The number of aromatic nitrogens is 1. The smallest absolute Gasteiger partial charge is 0.203 e. The summed E-state index contributed by atoms with van der Waals surface area (Å²) in [6, 6.07) is 11.0. The maximum atomic E-state index is 6.05. The van der Waals surface area contributed by atoms with Crippen molar-refractivity contribution < 1.29 is 9.47 Å². The fraction of sp³-hybridized carbons (Fsp3) is 0.111. The highest BCUT2D eigenvalue weighted by molar-refractivity contribution is 7.14. The molecule has 0 aliphatic rings. The van der Waals surface area contributed by atoms with E-state index in [0.29, 0.717) is 26.7 Å². The lowest BCUT2D eigenvalue weighted by atomic mass is 10.2. The molecule has 0 saturated heterocycles. The Morgan fingerprint density at radius 2 is 1.85 bits per heavy atom. The highest BCUT2D eigenvalue weighted by Gasteiger charge is 2.07. The first-order valence-electron chi connectivity index (χ1n) is 7.52. The van der Waals surface area contributed by atoms with Gasteiger partial charge < -0.3 is 9.47 Å². The van der Waals surface area contributed by atoms with Crippen LogP contribution in [0.1, 0.15) is 5.56 Å². The standard InChI is InChI=1S/C18H15Cl2N3O2S/c1-24-16-6-3-11(7-17(16)25-2)9-21-23-18-22-15(10-26-18)12-4-5-13(19)14(20)8-12/h3-10H,1-2H3,(H,22,23). The predicted molar refractivity (Wildman–Crippen MR) is 108 cm³/mol. The molecule has 0 amide bonds. The largest absolute Gasteiger partial charge is 0.493 e. The molecule has 0 saturated carbocycles. The van der Waals surface area contributed by atoms with E-state index in [-0.39, 0.29) is 0 Å². The number of nitrogens with one attached hydrogen (secondary N) is 1. The molecule has 0 fully saturated rings. The lowest BCUT2D eigenvalue weighted by Crippen LogP contribution is -1.94. The van der Waals surface area contributed by atoms with Gasteiger partial charge in [0.2, 0.25) is 5.13 Å².